The largest absolute Gasteiger partial charge is 0.481 e. The second kappa shape index (κ2) is 5.07. The lowest BCUT2D eigenvalue weighted by molar-refractivity contribution is -0.137. The SMILES string of the molecule is O=C(O)CCC1CCN(S(=O)(=O)c2cnc[nH]2)C1. The number of carbonyl (C=O) groups is 1. The fourth-order valence-electron chi connectivity index (χ4n) is 2.10. The van der Waals surface area contributed by atoms with Crippen LogP contribution in [0, 0.1) is 5.92 Å². The van der Waals surface area contributed by atoms with Crippen LogP contribution in [0.25, 0.3) is 0 Å². The summed E-state index contributed by atoms with van der Waals surface area (Å²) in [5, 5.41) is 8.69. The molecule has 0 spiro atoms. The molecule has 1 unspecified atom stereocenters. The van der Waals surface area contributed by atoms with Crippen LogP contribution in [-0.4, -0.2) is 46.9 Å². The molecule has 0 aliphatic carbocycles. The Morgan fingerprint density at radius 1 is 1.61 bits per heavy atom. The predicted molar refractivity (Wildman–Crippen MR) is 62.3 cm³/mol. The van der Waals surface area contributed by atoms with E-state index in [0.29, 0.717) is 25.9 Å². The number of aromatic nitrogens is 2. The minimum Gasteiger partial charge on any atom is -0.481 e. The summed E-state index contributed by atoms with van der Waals surface area (Å²) < 4.78 is 25.6. The summed E-state index contributed by atoms with van der Waals surface area (Å²) in [5.74, 6) is -0.719. The summed E-state index contributed by atoms with van der Waals surface area (Å²) in [4.78, 5) is 16.8. The smallest absolute Gasteiger partial charge is 0.303 e. The molecule has 1 atom stereocenters. The van der Waals surface area contributed by atoms with Crippen LogP contribution in [0.4, 0.5) is 0 Å². The highest BCUT2D eigenvalue weighted by Gasteiger charge is 2.33. The van der Waals surface area contributed by atoms with Crippen molar-refractivity contribution in [2.45, 2.75) is 24.3 Å². The fourth-order valence-corrected chi connectivity index (χ4v) is 3.53. The van der Waals surface area contributed by atoms with Gasteiger partial charge in [-0.05, 0) is 18.8 Å². The number of H-pyrrole nitrogens is 1. The van der Waals surface area contributed by atoms with Crippen molar-refractivity contribution in [1.29, 1.82) is 0 Å². The summed E-state index contributed by atoms with van der Waals surface area (Å²) in [6.45, 7) is 0.820. The van der Waals surface area contributed by atoms with Gasteiger partial charge in [0, 0.05) is 19.5 Å². The molecule has 2 N–H and O–H groups in total. The molecule has 1 saturated heterocycles. The standard InChI is InChI=1S/C10H15N3O4S/c14-10(15)2-1-8-3-4-13(6-8)18(16,17)9-5-11-7-12-9/h5,7-8H,1-4,6H2,(H,11,12)(H,14,15). The van der Waals surface area contributed by atoms with E-state index in [-0.39, 0.29) is 17.4 Å². The van der Waals surface area contributed by atoms with Crippen molar-refractivity contribution in [2.75, 3.05) is 13.1 Å². The maximum Gasteiger partial charge on any atom is 0.303 e. The molecule has 0 saturated carbocycles. The maximum absolute atomic E-state index is 12.1. The van der Waals surface area contributed by atoms with Gasteiger partial charge in [0.15, 0.2) is 5.03 Å². The van der Waals surface area contributed by atoms with Crippen molar-refractivity contribution in [3.05, 3.63) is 12.5 Å². The van der Waals surface area contributed by atoms with Crippen molar-refractivity contribution in [3.63, 3.8) is 0 Å². The van der Waals surface area contributed by atoms with E-state index in [1.807, 2.05) is 0 Å². The molecule has 7 nitrogen and oxygen atoms in total. The number of sulfonamides is 1. The van der Waals surface area contributed by atoms with Crippen molar-refractivity contribution in [3.8, 4) is 0 Å². The van der Waals surface area contributed by atoms with E-state index in [2.05, 4.69) is 9.97 Å². The highest BCUT2D eigenvalue weighted by molar-refractivity contribution is 7.89. The minimum atomic E-state index is -3.50. The first-order chi connectivity index (χ1) is 8.50. The Bertz CT molecular complexity index is 511. The maximum atomic E-state index is 12.1. The summed E-state index contributed by atoms with van der Waals surface area (Å²) in [6, 6.07) is 0. The average Bonchev–Trinajstić information content (AvgIpc) is 2.98. The van der Waals surface area contributed by atoms with Crippen LogP contribution >= 0.6 is 0 Å². The van der Waals surface area contributed by atoms with Gasteiger partial charge in [0.05, 0.1) is 12.5 Å². The number of carboxylic acid groups (broad SMARTS) is 1. The summed E-state index contributed by atoms with van der Waals surface area (Å²) in [5.41, 5.74) is 0. The third kappa shape index (κ3) is 2.70. The zero-order valence-electron chi connectivity index (χ0n) is 9.74. The number of hydrogen-bond acceptors (Lipinski definition) is 4. The Morgan fingerprint density at radius 2 is 2.39 bits per heavy atom. The molecule has 8 heteroatoms. The molecule has 1 aromatic rings. The van der Waals surface area contributed by atoms with Crippen molar-refractivity contribution >= 4 is 16.0 Å². The third-order valence-electron chi connectivity index (χ3n) is 3.11. The Balaban J connectivity index is 1.99. The molecule has 1 fully saturated rings. The third-order valence-corrected chi connectivity index (χ3v) is 4.90. The van der Waals surface area contributed by atoms with Crippen molar-refractivity contribution < 1.29 is 18.3 Å². The first kappa shape index (κ1) is 13.0. The molecule has 0 amide bonds. The molecule has 18 heavy (non-hydrogen) atoms. The number of nitrogens with one attached hydrogen (secondary N) is 1. The summed E-state index contributed by atoms with van der Waals surface area (Å²) in [6.07, 6.45) is 3.92. The van der Waals surface area contributed by atoms with Crippen LogP contribution in [0.2, 0.25) is 0 Å². The highest BCUT2D eigenvalue weighted by Crippen LogP contribution is 2.25. The molecule has 1 aliphatic rings. The quantitative estimate of drug-likeness (QED) is 0.802. The van der Waals surface area contributed by atoms with Gasteiger partial charge in [0.1, 0.15) is 0 Å². The Labute approximate surface area is 105 Å². The first-order valence-corrected chi connectivity index (χ1v) is 7.14. The molecule has 2 heterocycles. The van der Waals surface area contributed by atoms with Crippen LogP contribution in [0.1, 0.15) is 19.3 Å². The second-order valence-electron chi connectivity index (χ2n) is 4.37. The van der Waals surface area contributed by atoms with Crippen LogP contribution in [0.5, 0.6) is 0 Å². The number of rotatable bonds is 5. The van der Waals surface area contributed by atoms with E-state index in [4.69, 9.17) is 5.11 Å². The van der Waals surface area contributed by atoms with Gasteiger partial charge in [-0.25, -0.2) is 13.4 Å². The van der Waals surface area contributed by atoms with Gasteiger partial charge in [-0.3, -0.25) is 4.79 Å². The highest BCUT2D eigenvalue weighted by atomic mass is 32.2. The Hall–Kier alpha value is -1.41. The van der Waals surface area contributed by atoms with E-state index in [0.717, 1.165) is 0 Å². The lowest BCUT2D eigenvalue weighted by Gasteiger charge is -2.14. The van der Waals surface area contributed by atoms with Gasteiger partial charge < -0.3 is 10.1 Å². The molecule has 0 bridgehead atoms. The van der Waals surface area contributed by atoms with Gasteiger partial charge in [-0.15, -0.1) is 0 Å². The lowest BCUT2D eigenvalue weighted by atomic mass is 10.0. The van der Waals surface area contributed by atoms with Crippen LogP contribution < -0.4 is 0 Å². The first-order valence-electron chi connectivity index (χ1n) is 5.70. The van der Waals surface area contributed by atoms with Gasteiger partial charge >= 0.3 is 5.97 Å². The van der Waals surface area contributed by atoms with E-state index in [9.17, 15) is 13.2 Å². The Morgan fingerprint density at radius 3 is 3.00 bits per heavy atom. The van der Waals surface area contributed by atoms with Crippen molar-refractivity contribution in [2.24, 2.45) is 5.92 Å². The summed E-state index contributed by atoms with van der Waals surface area (Å²) >= 11 is 0. The Kier molecular flexibility index (Phi) is 3.67. The van der Waals surface area contributed by atoms with Crippen LogP contribution in [0.3, 0.4) is 0 Å². The molecule has 0 aromatic carbocycles. The number of hydrogen-bond donors (Lipinski definition) is 2. The average molecular weight is 273 g/mol. The van der Waals surface area contributed by atoms with Crippen molar-refractivity contribution in [1.82, 2.24) is 14.3 Å². The van der Waals surface area contributed by atoms with Crippen LogP contribution in [0.15, 0.2) is 17.6 Å². The topological polar surface area (TPSA) is 103 Å². The molecule has 2 rings (SSSR count). The molecule has 1 aliphatic heterocycles. The normalized spacial score (nSPS) is 21.2. The number of imidazole rings is 1. The number of carboxylic acids is 1. The van der Waals surface area contributed by atoms with Gasteiger partial charge in [-0.2, -0.15) is 4.31 Å². The number of aromatic amines is 1. The summed E-state index contributed by atoms with van der Waals surface area (Å²) in [7, 11) is -3.50. The minimum absolute atomic E-state index is 0.0846. The predicted octanol–water partition coefficient (Wildman–Crippen LogP) is 0.285. The zero-order valence-corrected chi connectivity index (χ0v) is 10.6. The van der Waals surface area contributed by atoms with E-state index < -0.39 is 16.0 Å². The molecule has 1 aromatic heterocycles. The van der Waals surface area contributed by atoms with Gasteiger partial charge in [0.25, 0.3) is 10.0 Å². The zero-order chi connectivity index (χ0) is 13.2. The van der Waals surface area contributed by atoms with E-state index in [1.54, 1.807) is 0 Å². The van der Waals surface area contributed by atoms with Gasteiger partial charge in [0.2, 0.25) is 0 Å². The molecule has 100 valence electrons. The van der Waals surface area contributed by atoms with E-state index >= 15 is 0 Å². The monoisotopic (exact) mass is 273 g/mol. The number of aliphatic carboxylic acids is 1. The van der Waals surface area contributed by atoms with Gasteiger partial charge in [-0.1, -0.05) is 0 Å². The lowest BCUT2D eigenvalue weighted by Crippen LogP contribution is -2.29. The van der Waals surface area contributed by atoms with Crippen LogP contribution in [-0.2, 0) is 14.8 Å². The second-order valence-corrected chi connectivity index (χ2v) is 6.27. The molecule has 0 radical (unpaired) electrons. The van der Waals surface area contributed by atoms with E-state index in [1.165, 1.54) is 16.8 Å². The molecular weight excluding hydrogens is 258 g/mol. The molecular formula is C10H15N3O4S. The fraction of sp³-hybridized carbons (Fsp3) is 0.600. The number of nitrogens with zero attached hydrogens (tertiary/aromatic N) is 2.